The maximum Gasteiger partial charge on any atom is 0.0104 e. The van der Waals surface area contributed by atoms with Crippen molar-refractivity contribution in [2.45, 2.75) is 64.5 Å². The van der Waals surface area contributed by atoms with E-state index in [2.05, 4.69) is 36.0 Å². The fourth-order valence-corrected chi connectivity index (χ4v) is 3.80. The van der Waals surface area contributed by atoms with E-state index < -0.39 is 0 Å². The lowest BCUT2D eigenvalue weighted by molar-refractivity contribution is 0.126. The van der Waals surface area contributed by atoms with Gasteiger partial charge in [0, 0.05) is 18.6 Å². The van der Waals surface area contributed by atoms with Gasteiger partial charge in [0.25, 0.3) is 0 Å². The van der Waals surface area contributed by atoms with Crippen molar-refractivity contribution in [1.29, 1.82) is 0 Å². The Morgan fingerprint density at radius 3 is 2.70 bits per heavy atom. The monoisotopic (exact) mass is 281 g/mol. The van der Waals surface area contributed by atoms with Crippen LogP contribution < -0.4 is 5.32 Å². The van der Waals surface area contributed by atoms with E-state index in [1.165, 1.54) is 71.2 Å². The summed E-state index contributed by atoms with van der Waals surface area (Å²) in [7, 11) is 2.31. The van der Waals surface area contributed by atoms with E-state index in [0.717, 1.165) is 12.0 Å². The molecule has 2 rings (SSSR count). The van der Waals surface area contributed by atoms with E-state index in [4.69, 9.17) is 0 Å². The van der Waals surface area contributed by atoms with E-state index in [1.807, 2.05) is 0 Å². The number of rotatable bonds is 6. The Hall–Kier alpha value is -0.120. The average Bonchev–Trinajstić information content (AvgIpc) is 2.46. The quantitative estimate of drug-likeness (QED) is 0.807. The van der Waals surface area contributed by atoms with E-state index in [-0.39, 0.29) is 0 Å². The minimum Gasteiger partial charge on any atom is -0.316 e. The molecule has 2 aliphatic heterocycles. The molecular weight excluding hydrogens is 246 g/mol. The topological polar surface area (TPSA) is 18.5 Å². The molecule has 3 heteroatoms. The highest BCUT2D eigenvalue weighted by Gasteiger charge is 2.22. The van der Waals surface area contributed by atoms with Crippen LogP contribution in [0.15, 0.2) is 0 Å². The van der Waals surface area contributed by atoms with Crippen molar-refractivity contribution in [1.82, 2.24) is 15.1 Å². The highest BCUT2D eigenvalue weighted by molar-refractivity contribution is 4.79. The van der Waals surface area contributed by atoms with Gasteiger partial charge >= 0.3 is 0 Å². The molecule has 2 saturated heterocycles. The zero-order valence-corrected chi connectivity index (χ0v) is 13.9. The molecule has 118 valence electrons. The van der Waals surface area contributed by atoms with Gasteiger partial charge in [0.1, 0.15) is 0 Å². The molecule has 2 atom stereocenters. The van der Waals surface area contributed by atoms with Crippen molar-refractivity contribution in [3.63, 3.8) is 0 Å². The number of hydrogen-bond acceptors (Lipinski definition) is 3. The zero-order valence-electron chi connectivity index (χ0n) is 13.9. The standard InChI is InChI=1S/C17H35N3/c1-15(2)20(14-16-7-6-10-18-13-16)12-9-17-8-4-5-11-19(17)3/h15-18H,4-14H2,1-3H3. The molecule has 0 amide bonds. The van der Waals surface area contributed by atoms with E-state index in [0.29, 0.717) is 6.04 Å². The summed E-state index contributed by atoms with van der Waals surface area (Å²) in [5.41, 5.74) is 0. The number of hydrogen-bond donors (Lipinski definition) is 1. The predicted molar refractivity (Wildman–Crippen MR) is 87.2 cm³/mol. The van der Waals surface area contributed by atoms with Gasteiger partial charge in [-0.25, -0.2) is 0 Å². The molecule has 1 N–H and O–H groups in total. The molecule has 2 heterocycles. The number of likely N-dealkylation sites (tertiary alicyclic amines) is 1. The van der Waals surface area contributed by atoms with Crippen molar-refractivity contribution in [2.75, 3.05) is 39.8 Å². The molecule has 2 unspecified atom stereocenters. The second kappa shape index (κ2) is 8.35. The van der Waals surface area contributed by atoms with E-state index in [9.17, 15) is 0 Å². The van der Waals surface area contributed by atoms with Crippen molar-refractivity contribution in [3.05, 3.63) is 0 Å². The lowest BCUT2D eigenvalue weighted by Gasteiger charge is -2.37. The lowest BCUT2D eigenvalue weighted by Crippen LogP contribution is -2.44. The van der Waals surface area contributed by atoms with Crippen LogP contribution in [0, 0.1) is 5.92 Å². The molecule has 2 aliphatic rings. The van der Waals surface area contributed by atoms with Gasteiger partial charge in [0.2, 0.25) is 0 Å². The van der Waals surface area contributed by atoms with Gasteiger partial charge in [-0.1, -0.05) is 6.42 Å². The van der Waals surface area contributed by atoms with Crippen molar-refractivity contribution >= 4 is 0 Å². The molecule has 0 aromatic heterocycles. The van der Waals surface area contributed by atoms with Crippen LogP contribution in [0.1, 0.15) is 52.4 Å². The Labute approximate surface area is 126 Å². The van der Waals surface area contributed by atoms with Crippen LogP contribution in [0.4, 0.5) is 0 Å². The number of piperidine rings is 2. The molecule has 0 bridgehead atoms. The fourth-order valence-electron chi connectivity index (χ4n) is 3.80. The Balaban J connectivity index is 1.76. The van der Waals surface area contributed by atoms with E-state index >= 15 is 0 Å². The minimum atomic E-state index is 0.686. The molecule has 3 nitrogen and oxygen atoms in total. The third kappa shape index (κ3) is 5.01. The van der Waals surface area contributed by atoms with E-state index in [1.54, 1.807) is 0 Å². The first kappa shape index (κ1) is 16.3. The maximum absolute atomic E-state index is 3.56. The average molecular weight is 281 g/mol. The van der Waals surface area contributed by atoms with Crippen LogP contribution in [-0.4, -0.2) is 61.7 Å². The zero-order chi connectivity index (χ0) is 14.4. The van der Waals surface area contributed by atoms with Crippen molar-refractivity contribution < 1.29 is 0 Å². The predicted octanol–water partition coefficient (Wildman–Crippen LogP) is 2.57. The summed E-state index contributed by atoms with van der Waals surface area (Å²) in [6.45, 7) is 11.1. The van der Waals surface area contributed by atoms with Gasteiger partial charge in [-0.15, -0.1) is 0 Å². The fraction of sp³-hybridized carbons (Fsp3) is 1.00. The van der Waals surface area contributed by atoms with Crippen LogP contribution in [0.2, 0.25) is 0 Å². The number of nitrogens with one attached hydrogen (secondary N) is 1. The molecule has 0 aromatic rings. The van der Waals surface area contributed by atoms with Crippen LogP contribution in [-0.2, 0) is 0 Å². The van der Waals surface area contributed by atoms with Gasteiger partial charge in [-0.3, -0.25) is 0 Å². The van der Waals surface area contributed by atoms with Crippen LogP contribution >= 0.6 is 0 Å². The summed E-state index contributed by atoms with van der Waals surface area (Å²) in [4.78, 5) is 5.31. The van der Waals surface area contributed by atoms with Gasteiger partial charge < -0.3 is 15.1 Å². The Kier molecular flexibility index (Phi) is 6.79. The molecule has 0 aliphatic carbocycles. The highest BCUT2D eigenvalue weighted by atomic mass is 15.2. The Morgan fingerprint density at radius 1 is 1.20 bits per heavy atom. The highest BCUT2D eigenvalue weighted by Crippen LogP contribution is 2.20. The largest absolute Gasteiger partial charge is 0.316 e. The third-order valence-electron chi connectivity index (χ3n) is 5.29. The summed E-state index contributed by atoms with van der Waals surface area (Å²) >= 11 is 0. The summed E-state index contributed by atoms with van der Waals surface area (Å²) in [5.74, 6) is 0.871. The van der Waals surface area contributed by atoms with Crippen molar-refractivity contribution in [2.24, 2.45) is 5.92 Å². The second-order valence-corrected chi connectivity index (χ2v) is 7.22. The summed E-state index contributed by atoms with van der Waals surface area (Å²) in [6.07, 6.45) is 8.38. The molecule has 0 spiro atoms. The van der Waals surface area contributed by atoms with Crippen molar-refractivity contribution in [3.8, 4) is 0 Å². The van der Waals surface area contributed by atoms with Gasteiger partial charge in [-0.05, 0) is 85.1 Å². The van der Waals surface area contributed by atoms with Gasteiger partial charge in [0.05, 0.1) is 0 Å². The van der Waals surface area contributed by atoms with Crippen LogP contribution in [0.5, 0.6) is 0 Å². The summed E-state index contributed by atoms with van der Waals surface area (Å²) in [6, 6.07) is 1.51. The molecule has 2 fully saturated rings. The first-order valence-corrected chi connectivity index (χ1v) is 8.82. The second-order valence-electron chi connectivity index (χ2n) is 7.22. The first-order valence-electron chi connectivity index (χ1n) is 8.82. The summed E-state index contributed by atoms with van der Waals surface area (Å²) < 4.78 is 0. The smallest absolute Gasteiger partial charge is 0.0104 e. The van der Waals surface area contributed by atoms with Crippen LogP contribution in [0.25, 0.3) is 0 Å². The first-order chi connectivity index (χ1) is 9.66. The molecule has 0 radical (unpaired) electrons. The van der Waals surface area contributed by atoms with Gasteiger partial charge in [0.15, 0.2) is 0 Å². The molecular formula is C17H35N3. The SMILES string of the molecule is CC(C)N(CCC1CCCCN1C)CC1CCCNC1. The molecule has 0 aromatic carbocycles. The lowest BCUT2D eigenvalue weighted by atomic mass is 9.97. The molecule has 20 heavy (non-hydrogen) atoms. The third-order valence-corrected chi connectivity index (χ3v) is 5.29. The van der Waals surface area contributed by atoms with Gasteiger partial charge in [-0.2, -0.15) is 0 Å². The Bertz CT molecular complexity index is 261. The maximum atomic E-state index is 3.56. The minimum absolute atomic E-state index is 0.686. The Morgan fingerprint density at radius 2 is 2.05 bits per heavy atom. The molecule has 0 saturated carbocycles. The van der Waals surface area contributed by atoms with Crippen LogP contribution in [0.3, 0.4) is 0 Å². The normalized spacial score (nSPS) is 29.2. The number of nitrogens with zero attached hydrogens (tertiary/aromatic N) is 2. The summed E-state index contributed by atoms with van der Waals surface area (Å²) in [5, 5.41) is 3.56.